The molecule has 6 nitrogen and oxygen atoms in total. The highest BCUT2D eigenvalue weighted by Crippen LogP contribution is 2.23. The van der Waals surface area contributed by atoms with Gasteiger partial charge in [0.25, 0.3) is 0 Å². The number of carboxylic acids is 1. The summed E-state index contributed by atoms with van der Waals surface area (Å²) in [5.74, 6) is -0.510. The molecule has 0 radical (unpaired) electrons. The van der Waals surface area contributed by atoms with Crippen molar-refractivity contribution in [2.45, 2.75) is 30.8 Å². The second-order valence-electron chi connectivity index (χ2n) is 4.53. The second kappa shape index (κ2) is 5.96. The molecule has 0 aliphatic rings. The highest BCUT2D eigenvalue weighted by molar-refractivity contribution is 7.98. The molecule has 0 amide bonds. The van der Waals surface area contributed by atoms with E-state index in [1.54, 1.807) is 28.8 Å². The van der Waals surface area contributed by atoms with Gasteiger partial charge in [0.1, 0.15) is 0 Å². The van der Waals surface area contributed by atoms with E-state index in [1.807, 2.05) is 13.8 Å². The Morgan fingerprint density at radius 3 is 2.80 bits per heavy atom. The summed E-state index contributed by atoms with van der Waals surface area (Å²) >= 11 is 1.34. The smallest absolute Gasteiger partial charge is 0.344 e. The standard InChI is InChI=1S/C13H15N3O3S/c1-8(2)16-12(19)14-15-13(16)20-7-9-5-3-4-6-10(9)11(17)18/h3-6,8H,7H2,1-2H3,(H,14,19)(H,17,18). The van der Waals surface area contributed by atoms with Gasteiger partial charge in [-0.15, -0.1) is 5.10 Å². The Morgan fingerprint density at radius 2 is 2.15 bits per heavy atom. The first-order valence-corrected chi connectivity index (χ1v) is 7.10. The van der Waals surface area contributed by atoms with Crippen LogP contribution >= 0.6 is 11.8 Å². The van der Waals surface area contributed by atoms with E-state index in [0.29, 0.717) is 16.5 Å². The zero-order valence-corrected chi connectivity index (χ0v) is 12.0. The molecule has 0 atom stereocenters. The third-order valence-electron chi connectivity index (χ3n) is 2.79. The maximum absolute atomic E-state index is 11.6. The number of aromatic amines is 1. The molecule has 0 fully saturated rings. The topological polar surface area (TPSA) is 88.0 Å². The first-order chi connectivity index (χ1) is 9.50. The Kier molecular flexibility index (Phi) is 4.29. The summed E-state index contributed by atoms with van der Waals surface area (Å²) in [6, 6.07) is 6.82. The summed E-state index contributed by atoms with van der Waals surface area (Å²) in [6.07, 6.45) is 0. The van der Waals surface area contributed by atoms with Crippen LogP contribution in [-0.4, -0.2) is 25.8 Å². The first-order valence-electron chi connectivity index (χ1n) is 6.11. The van der Waals surface area contributed by atoms with E-state index in [2.05, 4.69) is 10.2 Å². The van der Waals surface area contributed by atoms with E-state index in [-0.39, 0.29) is 17.3 Å². The minimum absolute atomic E-state index is 0.00142. The van der Waals surface area contributed by atoms with E-state index in [9.17, 15) is 9.59 Å². The number of carbonyl (C=O) groups is 1. The third kappa shape index (κ3) is 2.93. The average Bonchev–Trinajstić information content (AvgIpc) is 2.77. The summed E-state index contributed by atoms with van der Waals surface area (Å²) in [6.45, 7) is 3.79. The summed E-state index contributed by atoms with van der Waals surface area (Å²) in [5, 5.41) is 16.1. The van der Waals surface area contributed by atoms with Gasteiger partial charge in [0.05, 0.1) is 5.56 Å². The third-order valence-corrected chi connectivity index (χ3v) is 3.79. The lowest BCUT2D eigenvalue weighted by molar-refractivity contribution is 0.0696. The number of H-pyrrole nitrogens is 1. The van der Waals surface area contributed by atoms with Crippen LogP contribution in [0.1, 0.15) is 35.8 Å². The minimum Gasteiger partial charge on any atom is -0.478 e. The number of hydrogen-bond donors (Lipinski definition) is 2. The molecule has 0 aliphatic heterocycles. The quantitative estimate of drug-likeness (QED) is 0.825. The predicted molar refractivity (Wildman–Crippen MR) is 76.2 cm³/mol. The Balaban J connectivity index is 2.22. The Morgan fingerprint density at radius 1 is 1.45 bits per heavy atom. The van der Waals surface area contributed by atoms with Crippen molar-refractivity contribution in [3.8, 4) is 0 Å². The van der Waals surface area contributed by atoms with Crippen molar-refractivity contribution in [1.29, 1.82) is 0 Å². The highest BCUT2D eigenvalue weighted by atomic mass is 32.2. The van der Waals surface area contributed by atoms with Crippen LogP contribution in [0.15, 0.2) is 34.2 Å². The van der Waals surface area contributed by atoms with Crippen molar-refractivity contribution in [2.75, 3.05) is 0 Å². The Hall–Kier alpha value is -2.02. The van der Waals surface area contributed by atoms with Crippen molar-refractivity contribution < 1.29 is 9.90 Å². The number of benzene rings is 1. The average molecular weight is 293 g/mol. The number of aromatic nitrogens is 3. The molecule has 1 aromatic heterocycles. The number of rotatable bonds is 5. The van der Waals surface area contributed by atoms with Gasteiger partial charge in [-0.2, -0.15) is 0 Å². The molecule has 106 valence electrons. The van der Waals surface area contributed by atoms with Gasteiger partial charge in [-0.3, -0.25) is 4.57 Å². The molecule has 2 N–H and O–H groups in total. The summed E-state index contributed by atoms with van der Waals surface area (Å²) in [5.41, 5.74) is 0.721. The number of nitrogens with one attached hydrogen (secondary N) is 1. The number of thioether (sulfide) groups is 1. The van der Waals surface area contributed by atoms with Crippen LogP contribution in [0.3, 0.4) is 0 Å². The van der Waals surface area contributed by atoms with Crippen molar-refractivity contribution >= 4 is 17.7 Å². The molecule has 0 saturated carbocycles. The van der Waals surface area contributed by atoms with Crippen LogP contribution < -0.4 is 5.69 Å². The van der Waals surface area contributed by atoms with Crippen molar-refractivity contribution in [1.82, 2.24) is 14.8 Å². The van der Waals surface area contributed by atoms with Crippen LogP contribution in [0.2, 0.25) is 0 Å². The van der Waals surface area contributed by atoms with Crippen molar-refractivity contribution in [2.24, 2.45) is 0 Å². The molecule has 0 spiro atoms. The predicted octanol–water partition coefficient (Wildman–Crippen LogP) is 2.14. The van der Waals surface area contributed by atoms with Crippen LogP contribution in [0, 0.1) is 0 Å². The fourth-order valence-corrected chi connectivity index (χ4v) is 2.92. The number of hydrogen-bond acceptors (Lipinski definition) is 4. The molecule has 7 heteroatoms. The molecule has 0 unspecified atom stereocenters. The van der Waals surface area contributed by atoms with E-state index in [4.69, 9.17) is 5.11 Å². The van der Waals surface area contributed by atoms with E-state index < -0.39 is 5.97 Å². The van der Waals surface area contributed by atoms with Gasteiger partial charge in [0, 0.05) is 11.8 Å². The van der Waals surface area contributed by atoms with Crippen LogP contribution in [0.4, 0.5) is 0 Å². The van der Waals surface area contributed by atoms with Crippen molar-refractivity contribution in [3.05, 3.63) is 45.9 Å². The fourth-order valence-electron chi connectivity index (χ4n) is 1.84. The molecule has 0 aliphatic carbocycles. The highest BCUT2D eigenvalue weighted by Gasteiger charge is 2.14. The summed E-state index contributed by atoms with van der Waals surface area (Å²) in [4.78, 5) is 22.7. The Bertz CT molecular complexity index is 675. The maximum Gasteiger partial charge on any atom is 0.344 e. The molecule has 2 rings (SSSR count). The molecule has 2 aromatic rings. The van der Waals surface area contributed by atoms with E-state index >= 15 is 0 Å². The molecule has 0 bridgehead atoms. The van der Waals surface area contributed by atoms with Crippen LogP contribution in [0.5, 0.6) is 0 Å². The van der Waals surface area contributed by atoms with Gasteiger partial charge < -0.3 is 5.11 Å². The lowest BCUT2D eigenvalue weighted by atomic mass is 10.1. The Labute approximate surface area is 119 Å². The zero-order chi connectivity index (χ0) is 14.7. The molecule has 20 heavy (non-hydrogen) atoms. The summed E-state index contributed by atoms with van der Waals surface area (Å²) in [7, 11) is 0. The lowest BCUT2D eigenvalue weighted by Crippen LogP contribution is -2.19. The first kappa shape index (κ1) is 14.4. The van der Waals surface area contributed by atoms with Crippen LogP contribution in [0.25, 0.3) is 0 Å². The molecule has 0 saturated heterocycles. The largest absolute Gasteiger partial charge is 0.478 e. The number of nitrogens with zero attached hydrogens (tertiary/aromatic N) is 2. The maximum atomic E-state index is 11.6. The van der Waals surface area contributed by atoms with Gasteiger partial charge >= 0.3 is 11.7 Å². The fraction of sp³-hybridized carbons (Fsp3) is 0.308. The lowest BCUT2D eigenvalue weighted by Gasteiger charge is -2.09. The number of carboxylic acid groups (broad SMARTS) is 1. The molecular weight excluding hydrogens is 278 g/mol. The van der Waals surface area contributed by atoms with Gasteiger partial charge in [0.15, 0.2) is 5.16 Å². The second-order valence-corrected chi connectivity index (χ2v) is 5.47. The van der Waals surface area contributed by atoms with Gasteiger partial charge in [-0.25, -0.2) is 14.7 Å². The molecule has 1 aromatic carbocycles. The molecular formula is C13H15N3O3S. The van der Waals surface area contributed by atoms with E-state index in [1.165, 1.54) is 11.8 Å². The van der Waals surface area contributed by atoms with Gasteiger partial charge in [-0.1, -0.05) is 30.0 Å². The van der Waals surface area contributed by atoms with Crippen molar-refractivity contribution in [3.63, 3.8) is 0 Å². The monoisotopic (exact) mass is 293 g/mol. The minimum atomic E-state index is -0.954. The summed E-state index contributed by atoms with van der Waals surface area (Å²) < 4.78 is 1.55. The SMILES string of the molecule is CC(C)n1c(SCc2ccccc2C(=O)O)n[nH]c1=O. The van der Waals surface area contributed by atoms with Gasteiger partial charge in [-0.05, 0) is 25.5 Å². The number of aromatic carboxylic acids is 1. The van der Waals surface area contributed by atoms with Gasteiger partial charge in [0.2, 0.25) is 0 Å². The molecule has 1 heterocycles. The zero-order valence-electron chi connectivity index (χ0n) is 11.2. The van der Waals surface area contributed by atoms with E-state index in [0.717, 1.165) is 0 Å². The van der Waals surface area contributed by atoms with Crippen LogP contribution in [-0.2, 0) is 5.75 Å². The normalized spacial score (nSPS) is 10.9.